The number of hydrogen-bond acceptors (Lipinski definition) is 13. The number of hydrogen-bond donors (Lipinski definition) is 2. The summed E-state index contributed by atoms with van der Waals surface area (Å²) in [7, 11) is 0. The summed E-state index contributed by atoms with van der Waals surface area (Å²) >= 11 is 11.7. The maximum absolute atomic E-state index is 14.1. The zero-order valence-electron chi connectivity index (χ0n) is 32.9. The minimum absolute atomic E-state index is 0.0772. The highest BCUT2D eigenvalue weighted by Gasteiger charge is 2.61. The standard InChI is InChI=1S/C39H43Cl2N5O10S2/c1-37(2,3)54-34(50)39(7,8)56-45-25(24-29(41)57-35(43-24)44-36(51)55-38(4,5)6)30(47)42-26-31(48)46-27(23(19-40)20-58(52)32(26)46)33(49)53-28(21-15-11-9-12-16-21)22-17-13-10-14-18-22/h9-18,26,28,32H,19-20H2,1-8H3,(H,42,47)(H,43,44,51)/t26-,32-,58-/m1/s1. The van der Waals surface area contributed by atoms with Gasteiger partial charge in [0.15, 0.2) is 23.0 Å². The number of carbonyl (C=O) groups is 5. The lowest BCUT2D eigenvalue weighted by molar-refractivity contribution is -0.179. The maximum atomic E-state index is 14.1. The van der Waals surface area contributed by atoms with Crippen LogP contribution in [0.1, 0.15) is 78.3 Å². The van der Waals surface area contributed by atoms with E-state index in [1.165, 1.54) is 13.8 Å². The van der Waals surface area contributed by atoms with E-state index in [4.69, 9.17) is 42.3 Å². The number of alkyl halides is 1. The fraction of sp³-hybridized carbons (Fsp3) is 0.410. The molecule has 3 amide bonds. The summed E-state index contributed by atoms with van der Waals surface area (Å²) in [6, 6.07) is 16.6. The maximum Gasteiger partial charge on any atom is 0.413 e. The van der Waals surface area contributed by atoms with Crippen molar-refractivity contribution in [2.45, 2.75) is 89.7 Å². The molecule has 58 heavy (non-hydrogen) atoms. The number of esters is 2. The quantitative estimate of drug-likeness (QED) is 0.0398. The van der Waals surface area contributed by atoms with E-state index in [0.29, 0.717) is 11.1 Å². The topological polar surface area (TPSA) is 198 Å². The second-order valence-corrected chi connectivity index (χ2v) is 19.0. The molecule has 1 saturated heterocycles. The molecule has 5 rings (SSSR count). The zero-order valence-corrected chi connectivity index (χ0v) is 36.1. The van der Waals surface area contributed by atoms with E-state index in [0.717, 1.165) is 16.2 Å². The number of aromatic nitrogens is 1. The van der Waals surface area contributed by atoms with Crippen molar-refractivity contribution >= 4 is 86.4 Å². The number of β-lactam (4-membered cyclic amide) rings is 1. The number of ether oxygens (including phenoxy) is 3. The van der Waals surface area contributed by atoms with Gasteiger partial charge in [-0.25, -0.2) is 19.4 Å². The van der Waals surface area contributed by atoms with Gasteiger partial charge in [-0.2, -0.15) is 0 Å². The van der Waals surface area contributed by atoms with Crippen molar-refractivity contribution in [1.29, 1.82) is 0 Å². The molecule has 1 fully saturated rings. The van der Waals surface area contributed by atoms with Gasteiger partial charge in [0.05, 0.1) is 5.88 Å². The normalized spacial score (nSPS) is 18.6. The first kappa shape index (κ1) is 44.4. The highest BCUT2D eigenvalue weighted by atomic mass is 35.5. The van der Waals surface area contributed by atoms with Gasteiger partial charge in [-0.1, -0.05) is 88.8 Å². The molecule has 0 saturated carbocycles. The summed E-state index contributed by atoms with van der Waals surface area (Å²) < 4.78 is 30.3. The Morgan fingerprint density at radius 2 is 1.53 bits per heavy atom. The monoisotopic (exact) mass is 875 g/mol. The van der Waals surface area contributed by atoms with E-state index < -0.39 is 81.1 Å². The van der Waals surface area contributed by atoms with Gasteiger partial charge in [0.1, 0.15) is 32.7 Å². The molecular formula is C39H43Cl2N5O10S2. The number of halogens is 2. The van der Waals surface area contributed by atoms with Crippen molar-refractivity contribution in [1.82, 2.24) is 15.2 Å². The smallest absolute Gasteiger partial charge is 0.413 e. The number of benzene rings is 2. The van der Waals surface area contributed by atoms with E-state index in [2.05, 4.69) is 20.8 Å². The first-order valence-electron chi connectivity index (χ1n) is 17.9. The van der Waals surface area contributed by atoms with Crippen LogP contribution < -0.4 is 10.6 Å². The molecule has 3 aromatic rings. The third-order valence-corrected chi connectivity index (χ3v) is 11.3. The number of fused-ring (bicyclic) bond motifs is 1. The molecule has 0 unspecified atom stereocenters. The van der Waals surface area contributed by atoms with Gasteiger partial charge in [-0.15, -0.1) is 11.6 Å². The molecule has 0 aliphatic carbocycles. The van der Waals surface area contributed by atoms with Gasteiger partial charge in [0, 0.05) is 5.57 Å². The molecule has 2 N–H and O–H groups in total. The van der Waals surface area contributed by atoms with E-state index in [-0.39, 0.29) is 38.1 Å². The Bertz CT molecular complexity index is 2080. The van der Waals surface area contributed by atoms with Crippen molar-refractivity contribution in [3.63, 3.8) is 0 Å². The number of anilines is 1. The lowest BCUT2D eigenvalue weighted by Crippen LogP contribution is -2.75. The van der Waals surface area contributed by atoms with Gasteiger partial charge in [-0.3, -0.25) is 19.8 Å². The van der Waals surface area contributed by atoms with E-state index >= 15 is 0 Å². The largest absolute Gasteiger partial charge is 0.614 e. The van der Waals surface area contributed by atoms with Gasteiger partial charge >= 0.3 is 18.0 Å². The van der Waals surface area contributed by atoms with Crippen LogP contribution in [0.5, 0.6) is 0 Å². The Balaban J connectivity index is 1.44. The van der Waals surface area contributed by atoms with E-state index in [1.54, 1.807) is 90.1 Å². The molecule has 2 aliphatic rings. The number of amides is 3. The minimum Gasteiger partial charge on any atom is -0.614 e. The van der Waals surface area contributed by atoms with Crippen LogP contribution in [-0.4, -0.2) is 89.8 Å². The fourth-order valence-corrected chi connectivity index (χ4v) is 8.63. The van der Waals surface area contributed by atoms with Crippen molar-refractivity contribution < 1.29 is 47.6 Å². The molecule has 2 aliphatic heterocycles. The lowest BCUT2D eigenvalue weighted by Gasteiger charge is -2.49. The van der Waals surface area contributed by atoms with Crippen LogP contribution in [0.15, 0.2) is 77.1 Å². The van der Waals surface area contributed by atoms with Crippen molar-refractivity contribution in [3.05, 3.63) is 93.1 Å². The highest BCUT2D eigenvalue weighted by molar-refractivity contribution is 7.92. The first-order chi connectivity index (χ1) is 27.1. The SMILES string of the molecule is CC(C)(C)OC(=O)Nc1nc(C(=NOC(C)(C)C(=O)OC(C)(C)C)C(=O)N[C@@H]2C(=O)N3C(C(=O)OC(c4ccccc4)c4ccccc4)=C(CCl)C[S@@+]([O-])[C@H]23)c(Cl)s1. The highest BCUT2D eigenvalue weighted by Crippen LogP contribution is 2.39. The van der Waals surface area contributed by atoms with E-state index in [1.807, 2.05) is 12.1 Å². The number of nitrogens with zero attached hydrogens (tertiary/aromatic N) is 3. The predicted octanol–water partition coefficient (Wildman–Crippen LogP) is 6.23. The lowest BCUT2D eigenvalue weighted by atomic mass is 10.0. The van der Waals surface area contributed by atoms with Gasteiger partial charge in [0.2, 0.25) is 11.0 Å². The molecule has 1 aromatic heterocycles. The third-order valence-electron chi connectivity index (χ3n) is 8.16. The Hall–Kier alpha value is -4.68. The predicted molar refractivity (Wildman–Crippen MR) is 219 cm³/mol. The Morgan fingerprint density at radius 3 is 2.07 bits per heavy atom. The first-order valence-corrected chi connectivity index (χ1v) is 21.0. The summed E-state index contributed by atoms with van der Waals surface area (Å²) in [5, 5.41) is 7.64. The van der Waals surface area contributed by atoms with Crippen molar-refractivity contribution in [2.24, 2.45) is 5.16 Å². The van der Waals surface area contributed by atoms with Crippen molar-refractivity contribution in [3.8, 4) is 0 Å². The number of oxime groups is 1. The van der Waals surface area contributed by atoms with Crippen LogP contribution in [0.25, 0.3) is 0 Å². The van der Waals surface area contributed by atoms with Gasteiger partial charge < -0.3 is 28.9 Å². The summed E-state index contributed by atoms with van der Waals surface area (Å²) in [5.41, 5.74) is -2.99. The van der Waals surface area contributed by atoms with Crippen LogP contribution in [0.3, 0.4) is 0 Å². The van der Waals surface area contributed by atoms with Crippen LogP contribution in [0.2, 0.25) is 4.34 Å². The Labute approximate surface area is 352 Å². The summed E-state index contributed by atoms with van der Waals surface area (Å²) in [6.07, 6.45) is -1.72. The van der Waals surface area contributed by atoms with Crippen molar-refractivity contribution in [2.75, 3.05) is 16.9 Å². The van der Waals surface area contributed by atoms with Crippen LogP contribution >= 0.6 is 34.5 Å². The molecule has 3 atom stereocenters. The molecule has 19 heteroatoms. The number of nitrogens with one attached hydrogen (secondary N) is 2. The van der Waals surface area contributed by atoms with Gasteiger partial charge in [0.25, 0.3) is 11.8 Å². The summed E-state index contributed by atoms with van der Waals surface area (Å²) in [4.78, 5) is 78.4. The minimum atomic E-state index is -1.85. The molecule has 0 bridgehead atoms. The number of rotatable bonds is 12. The van der Waals surface area contributed by atoms with Crippen LogP contribution in [-0.2, 0) is 49.4 Å². The van der Waals surface area contributed by atoms with Crippen LogP contribution in [0.4, 0.5) is 9.93 Å². The van der Waals surface area contributed by atoms with E-state index in [9.17, 15) is 28.5 Å². The average Bonchev–Trinajstić information content (AvgIpc) is 3.49. The van der Waals surface area contributed by atoms with Gasteiger partial charge in [-0.05, 0) is 77.7 Å². The Kier molecular flexibility index (Phi) is 13.5. The van der Waals surface area contributed by atoms with Crippen LogP contribution in [0, 0.1) is 0 Å². The number of carbonyl (C=O) groups excluding carboxylic acids is 5. The Morgan fingerprint density at radius 1 is 0.966 bits per heavy atom. The summed E-state index contributed by atoms with van der Waals surface area (Å²) in [6.45, 7) is 12.7. The molecular weight excluding hydrogens is 833 g/mol. The second-order valence-electron chi connectivity index (χ2n) is 15.6. The number of thiazole rings is 1. The molecule has 3 heterocycles. The molecule has 0 radical (unpaired) electrons. The third kappa shape index (κ3) is 10.5. The summed E-state index contributed by atoms with van der Waals surface area (Å²) in [5.74, 6) is -3.98. The molecule has 2 aromatic carbocycles. The molecule has 15 nitrogen and oxygen atoms in total. The second kappa shape index (κ2) is 17.7. The average molecular weight is 877 g/mol. The zero-order chi connectivity index (χ0) is 42.7. The molecule has 310 valence electrons. The fourth-order valence-electron chi connectivity index (χ4n) is 5.58. The molecule has 0 spiro atoms.